The molecule has 1 fully saturated rings. The van der Waals surface area contributed by atoms with Crippen molar-refractivity contribution in [3.8, 4) is 0 Å². The van der Waals surface area contributed by atoms with Crippen LogP contribution >= 0.6 is 12.4 Å². The zero-order valence-corrected chi connectivity index (χ0v) is 13.3. The first kappa shape index (κ1) is 18.4. The van der Waals surface area contributed by atoms with Crippen molar-refractivity contribution in [2.45, 2.75) is 19.4 Å². The highest BCUT2D eigenvalue weighted by molar-refractivity contribution is 5.94. The lowest BCUT2D eigenvalue weighted by atomic mass is 10.2. The average Bonchev–Trinajstić information content (AvgIpc) is 2.48. The molecule has 0 bridgehead atoms. The molecule has 0 saturated carbocycles. The molecule has 1 aromatic rings. The number of ether oxygens (including phenoxy) is 2. The highest BCUT2D eigenvalue weighted by Crippen LogP contribution is 2.13. The lowest BCUT2D eigenvalue weighted by molar-refractivity contribution is -0.119. The number of nitrogens with one attached hydrogen (secondary N) is 2. The fourth-order valence-corrected chi connectivity index (χ4v) is 2.11. The maximum atomic E-state index is 12.0. The Morgan fingerprint density at radius 3 is 2.95 bits per heavy atom. The fraction of sp³-hybridized carbons (Fsp3) is 0.467. The average molecular weight is 329 g/mol. The molecule has 6 nitrogen and oxygen atoms in total. The van der Waals surface area contributed by atoms with Crippen LogP contribution in [0.15, 0.2) is 24.3 Å². The van der Waals surface area contributed by atoms with Gasteiger partial charge in [0, 0.05) is 18.8 Å². The van der Waals surface area contributed by atoms with Crippen LogP contribution in [0.1, 0.15) is 23.7 Å². The quantitative estimate of drug-likeness (QED) is 0.803. The molecule has 1 aliphatic heterocycles. The third-order valence-corrected chi connectivity index (χ3v) is 3.07. The first-order chi connectivity index (χ1) is 10.2. The van der Waals surface area contributed by atoms with E-state index in [1.165, 1.54) is 0 Å². The molecule has 0 radical (unpaired) electrons. The SMILES string of the molecule is CCOC(=O)c1cccc(NC(=O)CC2CNCCO2)c1.Cl. The summed E-state index contributed by atoms with van der Waals surface area (Å²) in [4.78, 5) is 23.6. The first-order valence-electron chi connectivity index (χ1n) is 7.08. The number of morpholine rings is 1. The second kappa shape index (κ2) is 9.40. The highest BCUT2D eigenvalue weighted by Gasteiger charge is 2.17. The summed E-state index contributed by atoms with van der Waals surface area (Å²) in [6.07, 6.45) is 0.184. The van der Waals surface area contributed by atoms with E-state index in [1.54, 1.807) is 31.2 Å². The van der Waals surface area contributed by atoms with Crippen LogP contribution in [-0.4, -0.2) is 44.3 Å². The molecular formula is C15H21ClN2O4. The number of rotatable bonds is 5. The monoisotopic (exact) mass is 328 g/mol. The lowest BCUT2D eigenvalue weighted by Crippen LogP contribution is -2.40. The molecule has 1 heterocycles. The second-order valence-corrected chi connectivity index (χ2v) is 4.75. The van der Waals surface area contributed by atoms with Crippen LogP contribution in [0.2, 0.25) is 0 Å². The molecule has 7 heteroatoms. The molecule has 1 saturated heterocycles. The van der Waals surface area contributed by atoms with Gasteiger partial charge in [-0.2, -0.15) is 0 Å². The standard InChI is InChI=1S/C15H20N2O4.ClH/c1-2-20-15(19)11-4-3-5-12(8-11)17-14(18)9-13-10-16-6-7-21-13;/h3-5,8,13,16H,2,6-7,9-10H2,1H3,(H,17,18);1H. The van der Waals surface area contributed by atoms with Crippen LogP contribution in [0, 0.1) is 0 Å². The number of halogens is 1. The van der Waals surface area contributed by atoms with Gasteiger partial charge in [-0.3, -0.25) is 4.79 Å². The van der Waals surface area contributed by atoms with E-state index in [1.807, 2.05) is 0 Å². The van der Waals surface area contributed by atoms with Crippen molar-refractivity contribution in [3.63, 3.8) is 0 Å². The molecule has 1 amide bonds. The maximum Gasteiger partial charge on any atom is 0.338 e. The van der Waals surface area contributed by atoms with Gasteiger partial charge in [0.05, 0.1) is 31.3 Å². The van der Waals surface area contributed by atoms with Crippen LogP contribution in [-0.2, 0) is 14.3 Å². The summed E-state index contributed by atoms with van der Waals surface area (Å²) in [5.74, 6) is -0.530. The van der Waals surface area contributed by atoms with E-state index in [0.29, 0.717) is 31.0 Å². The zero-order valence-electron chi connectivity index (χ0n) is 12.5. The van der Waals surface area contributed by atoms with Gasteiger partial charge in [-0.05, 0) is 25.1 Å². The minimum absolute atomic E-state index is 0. The van der Waals surface area contributed by atoms with Crippen LogP contribution in [0.5, 0.6) is 0 Å². The minimum Gasteiger partial charge on any atom is -0.462 e. The third kappa shape index (κ3) is 5.63. The van der Waals surface area contributed by atoms with Crippen molar-refractivity contribution >= 4 is 30.0 Å². The molecule has 0 spiro atoms. The molecule has 1 atom stereocenters. The fourth-order valence-electron chi connectivity index (χ4n) is 2.11. The van der Waals surface area contributed by atoms with Crippen molar-refractivity contribution < 1.29 is 19.1 Å². The smallest absolute Gasteiger partial charge is 0.338 e. The van der Waals surface area contributed by atoms with Gasteiger partial charge >= 0.3 is 5.97 Å². The molecular weight excluding hydrogens is 308 g/mol. The normalized spacial score (nSPS) is 17.2. The summed E-state index contributed by atoms with van der Waals surface area (Å²) in [5.41, 5.74) is 1.000. The maximum absolute atomic E-state index is 12.0. The Morgan fingerprint density at radius 1 is 1.45 bits per heavy atom. The molecule has 22 heavy (non-hydrogen) atoms. The summed E-state index contributed by atoms with van der Waals surface area (Å²) in [5, 5.41) is 5.95. The molecule has 1 unspecified atom stereocenters. The number of anilines is 1. The Labute approximate surface area is 136 Å². The second-order valence-electron chi connectivity index (χ2n) is 4.75. The summed E-state index contributed by atoms with van der Waals surface area (Å²) in [7, 11) is 0. The number of hydrogen-bond donors (Lipinski definition) is 2. The number of amides is 1. The molecule has 2 N–H and O–H groups in total. The Balaban J connectivity index is 0.00000242. The van der Waals surface area contributed by atoms with Crippen molar-refractivity contribution in [1.82, 2.24) is 5.32 Å². The van der Waals surface area contributed by atoms with Gasteiger partial charge in [-0.1, -0.05) is 6.07 Å². The summed E-state index contributed by atoms with van der Waals surface area (Å²) >= 11 is 0. The van der Waals surface area contributed by atoms with Gasteiger partial charge in [-0.25, -0.2) is 4.79 Å². The molecule has 1 aromatic carbocycles. The van der Waals surface area contributed by atoms with Crippen molar-refractivity contribution in [2.75, 3.05) is 31.6 Å². The van der Waals surface area contributed by atoms with Crippen LogP contribution in [0.4, 0.5) is 5.69 Å². The minimum atomic E-state index is -0.395. The largest absolute Gasteiger partial charge is 0.462 e. The molecule has 1 aliphatic rings. The van der Waals surface area contributed by atoms with E-state index in [9.17, 15) is 9.59 Å². The van der Waals surface area contributed by atoms with Gasteiger partial charge in [-0.15, -0.1) is 12.4 Å². The van der Waals surface area contributed by atoms with E-state index in [4.69, 9.17) is 9.47 Å². The lowest BCUT2D eigenvalue weighted by Gasteiger charge is -2.23. The van der Waals surface area contributed by atoms with Crippen molar-refractivity contribution in [1.29, 1.82) is 0 Å². The number of carbonyl (C=O) groups is 2. The topological polar surface area (TPSA) is 76.7 Å². The summed E-state index contributed by atoms with van der Waals surface area (Å²) in [6.45, 7) is 4.19. The van der Waals surface area contributed by atoms with Gasteiger partial charge < -0.3 is 20.1 Å². The van der Waals surface area contributed by atoms with Crippen LogP contribution in [0.3, 0.4) is 0 Å². The van der Waals surface area contributed by atoms with Gasteiger partial charge in [0.15, 0.2) is 0 Å². The van der Waals surface area contributed by atoms with Crippen molar-refractivity contribution in [2.24, 2.45) is 0 Å². The van der Waals surface area contributed by atoms with Crippen molar-refractivity contribution in [3.05, 3.63) is 29.8 Å². The number of benzene rings is 1. The Morgan fingerprint density at radius 2 is 2.27 bits per heavy atom. The number of esters is 1. The van der Waals surface area contributed by atoms with E-state index in [-0.39, 0.29) is 30.8 Å². The van der Waals surface area contributed by atoms with E-state index in [2.05, 4.69) is 10.6 Å². The zero-order chi connectivity index (χ0) is 15.1. The molecule has 0 aromatic heterocycles. The molecule has 0 aliphatic carbocycles. The van der Waals surface area contributed by atoms with E-state index < -0.39 is 5.97 Å². The molecule has 2 rings (SSSR count). The molecule has 122 valence electrons. The number of carbonyl (C=O) groups excluding carboxylic acids is 2. The summed E-state index contributed by atoms with van der Waals surface area (Å²) < 4.78 is 10.4. The third-order valence-electron chi connectivity index (χ3n) is 3.07. The predicted molar refractivity (Wildman–Crippen MR) is 85.5 cm³/mol. The van der Waals surface area contributed by atoms with Gasteiger partial charge in [0.1, 0.15) is 0 Å². The Kier molecular flexibility index (Phi) is 7.87. The Hall–Kier alpha value is -1.63. The van der Waals surface area contributed by atoms with E-state index >= 15 is 0 Å². The van der Waals surface area contributed by atoms with E-state index in [0.717, 1.165) is 6.54 Å². The highest BCUT2D eigenvalue weighted by atomic mass is 35.5. The first-order valence-corrected chi connectivity index (χ1v) is 7.08. The van der Waals surface area contributed by atoms with Gasteiger partial charge in [0.25, 0.3) is 0 Å². The summed E-state index contributed by atoms with van der Waals surface area (Å²) in [6, 6.07) is 6.71. The van der Waals surface area contributed by atoms with Crippen LogP contribution < -0.4 is 10.6 Å². The van der Waals surface area contributed by atoms with Crippen LogP contribution in [0.25, 0.3) is 0 Å². The predicted octanol–water partition coefficient (Wildman–Crippen LogP) is 1.60. The van der Waals surface area contributed by atoms with Gasteiger partial charge in [0.2, 0.25) is 5.91 Å². The Bertz CT molecular complexity index is 504. The number of hydrogen-bond acceptors (Lipinski definition) is 5.